The maximum atomic E-state index is 11.3. The average molecular weight is 247 g/mol. The standard InChI is InChI=1S/C9H17N3O3S/c1-9-7-10-12(8-9)4-3-11-16(14,15)6-2-5-13/h7-8,11,13H,2-6H2,1H3. The predicted molar refractivity (Wildman–Crippen MR) is 60.5 cm³/mol. The second-order valence-corrected chi connectivity index (χ2v) is 5.50. The number of aromatic nitrogens is 2. The van der Waals surface area contributed by atoms with Crippen LogP contribution in [0.15, 0.2) is 12.4 Å². The van der Waals surface area contributed by atoms with Gasteiger partial charge in [-0.25, -0.2) is 13.1 Å². The number of nitrogens with zero attached hydrogens (tertiary/aromatic N) is 2. The molecule has 16 heavy (non-hydrogen) atoms. The van der Waals surface area contributed by atoms with E-state index in [1.807, 2.05) is 13.1 Å². The zero-order chi connectivity index (χ0) is 12.0. The maximum absolute atomic E-state index is 11.3. The van der Waals surface area contributed by atoms with Gasteiger partial charge in [-0.2, -0.15) is 5.10 Å². The first kappa shape index (κ1) is 13.1. The van der Waals surface area contributed by atoms with Gasteiger partial charge < -0.3 is 5.11 Å². The molecule has 1 aromatic rings. The van der Waals surface area contributed by atoms with Crippen LogP contribution < -0.4 is 4.72 Å². The lowest BCUT2D eigenvalue weighted by Crippen LogP contribution is -2.30. The van der Waals surface area contributed by atoms with E-state index in [0.29, 0.717) is 13.1 Å². The lowest BCUT2D eigenvalue weighted by molar-refractivity contribution is 0.295. The highest BCUT2D eigenvalue weighted by atomic mass is 32.2. The fourth-order valence-corrected chi connectivity index (χ4v) is 2.29. The molecule has 7 heteroatoms. The molecule has 0 fully saturated rings. The first-order valence-electron chi connectivity index (χ1n) is 5.11. The Morgan fingerprint density at radius 1 is 1.56 bits per heavy atom. The van der Waals surface area contributed by atoms with E-state index in [1.54, 1.807) is 10.9 Å². The summed E-state index contributed by atoms with van der Waals surface area (Å²) in [7, 11) is -3.26. The third-order valence-electron chi connectivity index (χ3n) is 2.00. The largest absolute Gasteiger partial charge is 0.396 e. The minimum absolute atomic E-state index is 0.0400. The summed E-state index contributed by atoms with van der Waals surface area (Å²) in [6, 6.07) is 0. The molecule has 0 amide bonds. The normalized spacial score (nSPS) is 11.9. The van der Waals surface area contributed by atoms with E-state index in [0.717, 1.165) is 5.56 Å². The molecule has 0 aromatic carbocycles. The zero-order valence-electron chi connectivity index (χ0n) is 9.26. The molecule has 0 aliphatic rings. The molecule has 1 rings (SSSR count). The molecule has 0 saturated carbocycles. The highest BCUT2D eigenvalue weighted by Crippen LogP contribution is 1.94. The van der Waals surface area contributed by atoms with Crippen LogP contribution in [0.4, 0.5) is 0 Å². The van der Waals surface area contributed by atoms with E-state index in [1.165, 1.54) is 0 Å². The van der Waals surface area contributed by atoms with E-state index >= 15 is 0 Å². The molecule has 0 saturated heterocycles. The Bertz CT molecular complexity index is 413. The molecule has 0 unspecified atom stereocenters. The summed E-state index contributed by atoms with van der Waals surface area (Å²) in [6.45, 7) is 2.63. The summed E-state index contributed by atoms with van der Waals surface area (Å²) in [4.78, 5) is 0. The number of aryl methyl sites for hydroxylation is 1. The molecule has 2 N–H and O–H groups in total. The van der Waals surface area contributed by atoms with Crippen LogP contribution in [0.1, 0.15) is 12.0 Å². The number of hydrogen-bond acceptors (Lipinski definition) is 4. The second-order valence-electron chi connectivity index (χ2n) is 3.57. The number of aliphatic hydroxyl groups is 1. The molecule has 92 valence electrons. The van der Waals surface area contributed by atoms with Crippen molar-refractivity contribution in [3.63, 3.8) is 0 Å². The predicted octanol–water partition coefficient (Wildman–Crippen LogP) is -0.507. The Hall–Kier alpha value is -0.920. The molecule has 0 atom stereocenters. The van der Waals surface area contributed by atoms with Gasteiger partial charge in [0.05, 0.1) is 18.5 Å². The van der Waals surface area contributed by atoms with Gasteiger partial charge in [-0.15, -0.1) is 0 Å². The molecule has 0 aliphatic carbocycles. The van der Waals surface area contributed by atoms with Gasteiger partial charge in [-0.1, -0.05) is 0 Å². The minimum Gasteiger partial charge on any atom is -0.396 e. The van der Waals surface area contributed by atoms with Gasteiger partial charge in [0.25, 0.3) is 0 Å². The minimum atomic E-state index is -3.26. The van der Waals surface area contributed by atoms with Crippen LogP contribution in [0.25, 0.3) is 0 Å². The van der Waals surface area contributed by atoms with Crippen molar-refractivity contribution in [2.75, 3.05) is 18.9 Å². The third kappa shape index (κ3) is 4.73. The summed E-state index contributed by atoms with van der Waals surface area (Å²) in [5.74, 6) is -0.0400. The van der Waals surface area contributed by atoms with Crippen LogP contribution in [0.5, 0.6) is 0 Å². The molecule has 0 bridgehead atoms. The molecule has 0 aliphatic heterocycles. The van der Waals surface area contributed by atoms with Crippen molar-refractivity contribution in [2.24, 2.45) is 0 Å². The maximum Gasteiger partial charge on any atom is 0.211 e. The molecule has 0 radical (unpaired) electrons. The third-order valence-corrected chi connectivity index (χ3v) is 3.47. The van der Waals surface area contributed by atoms with Crippen molar-refractivity contribution >= 4 is 10.0 Å². The Morgan fingerprint density at radius 2 is 2.31 bits per heavy atom. The molecule has 6 nitrogen and oxygen atoms in total. The van der Waals surface area contributed by atoms with Crippen LogP contribution in [0, 0.1) is 6.92 Å². The first-order valence-corrected chi connectivity index (χ1v) is 6.76. The summed E-state index contributed by atoms with van der Waals surface area (Å²) in [6.07, 6.45) is 3.83. The lowest BCUT2D eigenvalue weighted by atomic mass is 10.4. The average Bonchev–Trinajstić information content (AvgIpc) is 2.61. The van der Waals surface area contributed by atoms with E-state index in [2.05, 4.69) is 9.82 Å². The van der Waals surface area contributed by atoms with Crippen LogP contribution in [0.3, 0.4) is 0 Å². The molecule has 1 heterocycles. The number of nitrogens with one attached hydrogen (secondary N) is 1. The highest BCUT2D eigenvalue weighted by molar-refractivity contribution is 7.89. The van der Waals surface area contributed by atoms with Crippen LogP contribution >= 0.6 is 0 Å². The Kier molecular flexibility index (Phi) is 4.91. The van der Waals surface area contributed by atoms with Gasteiger partial charge in [0, 0.05) is 19.3 Å². The van der Waals surface area contributed by atoms with E-state index in [4.69, 9.17) is 5.11 Å². The lowest BCUT2D eigenvalue weighted by Gasteiger charge is -2.05. The molecular weight excluding hydrogens is 230 g/mol. The van der Waals surface area contributed by atoms with Crippen LogP contribution in [0.2, 0.25) is 0 Å². The van der Waals surface area contributed by atoms with Gasteiger partial charge in [0.2, 0.25) is 10.0 Å². The molecule has 0 spiro atoms. The Balaban J connectivity index is 2.29. The Morgan fingerprint density at radius 3 is 2.88 bits per heavy atom. The quantitative estimate of drug-likeness (QED) is 0.680. The van der Waals surface area contributed by atoms with Crippen LogP contribution in [-0.2, 0) is 16.6 Å². The molecular formula is C9H17N3O3S. The molecule has 1 aromatic heterocycles. The highest BCUT2D eigenvalue weighted by Gasteiger charge is 2.08. The van der Waals surface area contributed by atoms with Gasteiger partial charge in [0.1, 0.15) is 0 Å². The van der Waals surface area contributed by atoms with Crippen molar-refractivity contribution in [2.45, 2.75) is 19.9 Å². The smallest absolute Gasteiger partial charge is 0.211 e. The Labute approximate surface area is 95.3 Å². The number of hydrogen-bond donors (Lipinski definition) is 2. The number of sulfonamides is 1. The first-order chi connectivity index (χ1) is 7.53. The van der Waals surface area contributed by atoms with E-state index < -0.39 is 10.0 Å². The topological polar surface area (TPSA) is 84.2 Å². The fraction of sp³-hybridized carbons (Fsp3) is 0.667. The SMILES string of the molecule is Cc1cnn(CCNS(=O)(=O)CCCO)c1. The summed E-state index contributed by atoms with van der Waals surface area (Å²) in [5, 5.41) is 12.6. The van der Waals surface area contributed by atoms with Crippen molar-refractivity contribution in [1.29, 1.82) is 0 Å². The van der Waals surface area contributed by atoms with E-state index in [-0.39, 0.29) is 18.8 Å². The fourth-order valence-electron chi connectivity index (χ4n) is 1.23. The van der Waals surface area contributed by atoms with Gasteiger partial charge in [-0.3, -0.25) is 4.68 Å². The number of rotatable bonds is 7. The van der Waals surface area contributed by atoms with Gasteiger partial charge in [0.15, 0.2) is 0 Å². The number of aliphatic hydroxyl groups excluding tert-OH is 1. The van der Waals surface area contributed by atoms with Crippen molar-refractivity contribution in [3.05, 3.63) is 18.0 Å². The second kappa shape index (κ2) is 5.97. The van der Waals surface area contributed by atoms with Gasteiger partial charge in [-0.05, 0) is 18.9 Å². The van der Waals surface area contributed by atoms with E-state index in [9.17, 15) is 8.42 Å². The summed E-state index contributed by atoms with van der Waals surface area (Å²) >= 11 is 0. The monoisotopic (exact) mass is 247 g/mol. The summed E-state index contributed by atoms with van der Waals surface area (Å²) in [5.41, 5.74) is 1.04. The van der Waals surface area contributed by atoms with Crippen molar-refractivity contribution < 1.29 is 13.5 Å². The van der Waals surface area contributed by atoms with Crippen molar-refractivity contribution in [3.8, 4) is 0 Å². The van der Waals surface area contributed by atoms with Crippen molar-refractivity contribution in [1.82, 2.24) is 14.5 Å². The summed E-state index contributed by atoms with van der Waals surface area (Å²) < 4.78 is 26.8. The van der Waals surface area contributed by atoms with Gasteiger partial charge >= 0.3 is 0 Å². The van der Waals surface area contributed by atoms with Crippen LogP contribution in [-0.4, -0.2) is 42.2 Å². The zero-order valence-corrected chi connectivity index (χ0v) is 10.1.